The van der Waals surface area contributed by atoms with E-state index < -0.39 is 24.5 Å². The molecule has 0 aliphatic heterocycles. The van der Waals surface area contributed by atoms with E-state index >= 15 is 0 Å². The van der Waals surface area contributed by atoms with Crippen LogP contribution >= 0.6 is 0 Å². The zero-order valence-corrected chi connectivity index (χ0v) is 14.9. The van der Waals surface area contributed by atoms with Gasteiger partial charge in [-0.3, -0.25) is 14.9 Å². The van der Waals surface area contributed by atoms with E-state index in [-0.39, 0.29) is 12.5 Å². The molecule has 0 spiro atoms. The molecule has 8 nitrogen and oxygen atoms in total. The summed E-state index contributed by atoms with van der Waals surface area (Å²) in [5.74, 6) is -0.0408. The molecule has 0 saturated carbocycles. The number of imide groups is 1. The predicted molar refractivity (Wildman–Crippen MR) is 90.6 cm³/mol. The molecule has 0 aromatic heterocycles. The number of rotatable bonds is 8. The third-order valence-electron chi connectivity index (χ3n) is 3.10. The van der Waals surface area contributed by atoms with Crippen molar-refractivity contribution in [3.63, 3.8) is 0 Å². The summed E-state index contributed by atoms with van der Waals surface area (Å²) in [7, 11) is 3.07. The van der Waals surface area contributed by atoms with E-state index in [0.717, 1.165) is 5.56 Å². The van der Waals surface area contributed by atoms with Crippen molar-refractivity contribution in [1.82, 2.24) is 10.6 Å². The molecule has 0 aliphatic carbocycles. The van der Waals surface area contributed by atoms with E-state index in [4.69, 9.17) is 14.2 Å². The number of aryl methyl sites for hydroxylation is 1. The summed E-state index contributed by atoms with van der Waals surface area (Å²) >= 11 is 0. The van der Waals surface area contributed by atoms with Crippen LogP contribution in [0.4, 0.5) is 4.79 Å². The van der Waals surface area contributed by atoms with Gasteiger partial charge in [0.1, 0.15) is 0 Å². The minimum absolute atomic E-state index is 0.0982. The number of carbonyl (C=O) groups is 3. The second kappa shape index (κ2) is 10.2. The Morgan fingerprint density at radius 3 is 2.36 bits per heavy atom. The van der Waals surface area contributed by atoms with Crippen LogP contribution in [-0.4, -0.2) is 44.8 Å². The highest BCUT2D eigenvalue weighted by Gasteiger charge is 2.12. The maximum absolute atomic E-state index is 11.7. The van der Waals surface area contributed by atoms with Gasteiger partial charge in [-0.15, -0.1) is 0 Å². The molecule has 25 heavy (non-hydrogen) atoms. The van der Waals surface area contributed by atoms with Gasteiger partial charge in [-0.05, 0) is 38.0 Å². The second-order valence-electron chi connectivity index (χ2n) is 5.53. The molecule has 2 N–H and O–H groups in total. The zero-order chi connectivity index (χ0) is 18.8. The van der Waals surface area contributed by atoms with Gasteiger partial charge >= 0.3 is 12.0 Å². The molecule has 0 fully saturated rings. The molecule has 1 rings (SSSR count). The molecule has 1 aromatic rings. The minimum atomic E-state index is -0.683. The molecule has 0 radical (unpaired) electrons. The lowest BCUT2D eigenvalue weighted by Crippen LogP contribution is -2.44. The van der Waals surface area contributed by atoms with E-state index in [2.05, 4.69) is 10.6 Å². The summed E-state index contributed by atoms with van der Waals surface area (Å²) in [4.78, 5) is 34.5. The lowest BCUT2D eigenvalue weighted by molar-refractivity contribution is -0.148. The van der Waals surface area contributed by atoms with Crippen molar-refractivity contribution >= 4 is 17.9 Å². The third kappa shape index (κ3) is 7.56. The van der Waals surface area contributed by atoms with Gasteiger partial charge in [0, 0.05) is 12.5 Å². The average molecular weight is 352 g/mol. The van der Waals surface area contributed by atoms with E-state index in [0.29, 0.717) is 17.9 Å². The van der Waals surface area contributed by atoms with Crippen LogP contribution in [0.2, 0.25) is 0 Å². The number of amides is 3. The lowest BCUT2D eigenvalue weighted by atomic mass is 10.1. The second-order valence-corrected chi connectivity index (χ2v) is 5.53. The zero-order valence-electron chi connectivity index (χ0n) is 14.9. The number of methoxy groups -OCH3 is 2. The standard InChI is InChI=1S/C17H24N2O6/c1-11(2)18-17(22)19-15(20)10-25-16(21)8-6-12-5-7-13(23-3)14(9-12)24-4/h5,7,9,11H,6,8,10H2,1-4H3,(H2,18,19,20,22). The number of nitrogens with one attached hydrogen (secondary N) is 2. The quantitative estimate of drug-likeness (QED) is 0.686. The maximum atomic E-state index is 11.7. The van der Waals surface area contributed by atoms with Crippen LogP contribution in [0.15, 0.2) is 18.2 Å². The first-order valence-corrected chi connectivity index (χ1v) is 7.82. The third-order valence-corrected chi connectivity index (χ3v) is 3.10. The molecule has 0 saturated heterocycles. The lowest BCUT2D eigenvalue weighted by Gasteiger charge is -2.10. The molecule has 0 bridgehead atoms. The van der Waals surface area contributed by atoms with Gasteiger partial charge < -0.3 is 19.5 Å². The summed E-state index contributed by atoms with van der Waals surface area (Å²) < 4.78 is 15.2. The number of carbonyl (C=O) groups excluding carboxylic acids is 3. The Bertz CT molecular complexity index is 615. The van der Waals surface area contributed by atoms with E-state index in [1.165, 1.54) is 7.11 Å². The van der Waals surface area contributed by atoms with Gasteiger partial charge in [0.25, 0.3) is 5.91 Å². The Morgan fingerprint density at radius 1 is 1.08 bits per heavy atom. The molecule has 3 amide bonds. The van der Waals surface area contributed by atoms with Crippen LogP contribution in [-0.2, 0) is 20.7 Å². The molecule has 1 aromatic carbocycles. The van der Waals surface area contributed by atoms with E-state index in [1.807, 2.05) is 6.07 Å². The van der Waals surface area contributed by atoms with Crippen LogP contribution in [0.5, 0.6) is 11.5 Å². The van der Waals surface area contributed by atoms with Gasteiger partial charge in [0.05, 0.1) is 14.2 Å². The number of urea groups is 1. The van der Waals surface area contributed by atoms with Crippen molar-refractivity contribution in [1.29, 1.82) is 0 Å². The van der Waals surface area contributed by atoms with Crippen LogP contribution in [0, 0.1) is 0 Å². The Balaban J connectivity index is 2.38. The molecule has 8 heteroatoms. The number of esters is 1. The fourth-order valence-corrected chi connectivity index (χ4v) is 1.96. The maximum Gasteiger partial charge on any atom is 0.321 e. The van der Waals surface area contributed by atoms with E-state index in [1.54, 1.807) is 33.1 Å². The normalized spacial score (nSPS) is 10.1. The number of hydrogen-bond acceptors (Lipinski definition) is 6. The van der Waals surface area contributed by atoms with Crippen molar-refractivity contribution in [2.75, 3.05) is 20.8 Å². The summed E-state index contributed by atoms with van der Waals surface area (Å²) in [6.07, 6.45) is 0.523. The summed E-state index contributed by atoms with van der Waals surface area (Å²) in [6, 6.07) is 4.62. The van der Waals surface area contributed by atoms with Crippen LogP contribution in [0.3, 0.4) is 0 Å². The van der Waals surface area contributed by atoms with Crippen LogP contribution in [0.1, 0.15) is 25.8 Å². The Hall–Kier alpha value is -2.77. The molecule has 0 unspecified atom stereocenters. The molecule has 0 heterocycles. The number of hydrogen-bond donors (Lipinski definition) is 2. The molecule has 0 atom stereocenters. The molecular weight excluding hydrogens is 328 g/mol. The van der Waals surface area contributed by atoms with Crippen molar-refractivity contribution in [2.24, 2.45) is 0 Å². The fourth-order valence-electron chi connectivity index (χ4n) is 1.96. The van der Waals surface area contributed by atoms with Crippen molar-refractivity contribution in [3.8, 4) is 11.5 Å². The largest absolute Gasteiger partial charge is 0.493 e. The summed E-state index contributed by atoms with van der Waals surface area (Å²) in [5.41, 5.74) is 0.871. The van der Waals surface area contributed by atoms with Gasteiger partial charge in [0.15, 0.2) is 18.1 Å². The average Bonchev–Trinajstić information content (AvgIpc) is 2.56. The SMILES string of the molecule is COc1ccc(CCC(=O)OCC(=O)NC(=O)NC(C)C)cc1OC. The Kier molecular flexibility index (Phi) is 8.25. The first kappa shape index (κ1) is 20.3. The van der Waals surface area contributed by atoms with E-state index in [9.17, 15) is 14.4 Å². The molecule has 0 aliphatic rings. The van der Waals surface area contributed by atoms with Gasteiger partial charge in [0.2, 0.25) is 0 Å². The van der Waals surface area contributed by atoms with Gasteiger partial charge in [-0.1, -0.05) is 6.07 Å². The predicted octanol–water partition coefficient (Wildman–Crippen LogP) is 1.41. The highest BCUT2D eigenvalue weighted by Crippen LogP contribution is 2.27. The smallest absolute Gasteiger partial charge is 0.321 e. The summed E-state index contributed by atoms with van der Waals surface area (Å²) in [5, 5.41) is 4.57. The first-order valence-electron chi connectivity index (χ1n) is 7.82. The molecule has 138 valence electrons. The Morgan fingerprint density at radius 2 is 1.76 bits per heavy atom. The highest BCUT2D eigenvalue weighted by atomic mass is 16.5. The van der Waals surface area contributed by atoms with Gasteiger partial charge in [-0.2, -0.15) is 0 Å². The Labute approximate surface area is 146 Å². The van der Waals surface area contributed by atoms with Crippen LogP contribution in [0.25, 0.3) is 0 Å². The topological polar surface area (TPSA) is 103 Å². The fraction of sp³-hybridized carbons (Fsp3) is 0.471. The first-order chi connectivity index (χ1) is 11.8. The minimum Gasteiger partial charge on any atom is -0.493 e. The monoisotopic (exact) mass is 352 g/mol. The van der Waals surface area contributed by atoms with Crippen LogP contribution < -0.4 is 20.1 Å². The number of ether oxygens (including phenoxy) is 3. The van der Waals surface area contributed by atoms with Gasteiger partial charge in [-0.25, -0.2) is 4.79 Å². The highest BCUT2D eigenvalue weighted by molar-refractivity contribution is 5.95. The molecular formula is C17H24N2O6. The summed E-state index contributed by atoms with van der Waals surface area (Å²) in [6.45, 7) is 3.02. The number of benzene rings is 1. The van der Waals surface area contributed by atoms with Crippen molar-refractivity contribution < 1.29 is 28.6 Å². The van der Waals surface area contributed by atoms with Crippen molar-refractivity contribution in [2.45, 2.75) is 32.7 Å². The van der Waals surface area contributed by atoms with Crippen molar-refractivity contribution in [3.05, 3.63) is 23.8 Å².